The number of hydrogen-bond donors (Lipinski definition) is 1. The van der Waals surface area contributed by atoms with Gasteiger partial charge in [0.1, 0.15) is 0 Å². The lowest BCUT2D eigenvalue weighted by Crippen LogP contribution is -2.28. The quantitative estimate of drug-likeness (QED) is 0.477. The molecule has 1 aliphatic heterocycles. The van der Waals surface area contributed by atoms with Gasteiger partial charge in [-0.15, -0.1) is 6.58 Å². The van der Waals surface area contributed by atoms with E-state index in [0.717, 1.165) is 11.4 Å². The van der Waals surface area contributed by atoms with E-state index >= 15 is 0 Å². The Morgan fingerprint density at radius 3 is 2.52 bits per heavy atom. The smallest absolute Gasteiger partial charge is 0.254 e. The first-order valence-corrected chi connectivity index (χ1v) is 9.24. The predicted molar refractivity (Wildman–Crippen MR) is 100 cm³/mol. The van der Waals surface area contributed by atoms with Crippen LogP contribution in [0.5, 0.6) is 11.5 Å². The molecule has 1 saturated heterocycles. The van der Waals surface area contributed by atoms with Crippen LogP contribution in [0.25, 0.3) is 0 Å². The van der Waals surface area contributed by atoms with Gasteiger partial charge >= 0.3 is 0 Å². The first-order chi connectivity index (χ1) is 13.0. The highest BCUT2D eigenvalue weighted by Crippen LogP contribution is 2.52. The first-order valence-electron chi connectivity index (χ1n) is 9.24. The molecule has 1 saturated carbocycles. The Labute approximate surface area is 157 Å². The SMILES string of the molecule is C=CCc1cc(C=NN2C(=O)C3C4C=CC(C4)C3C2=O)cc(OCC)c1O. The summed E-state index contributed by atoms with van der Waals surface area (Å²) < 4.78 is 5.47. The molecule has 140 valence electrons. The lowest BCUT2D eigenvalue weighted by atomic mass is 9.85. The van der Waals surface area contributed by atoms with Crippen molar-refractivity contribution in [1.82, 2.24) is 5.01 Å². The molecule has 1 heterocycles. The average Bonchev–Trinajstić information content (AvgIpc) is 3.32. The van der Waals surface area contributed by atoms with E-state index in [1.165, 1.54) is 6.21 Å². The number of rotatable bonds is 6. The summed E-state index contributed by atoms with van der Waals surface area (Å²) in [5.41, 5.74) is 1.29. The summed E-state index contributed by atoms with van der Waals surface area (Å²) >= 11 is 0. The van der Waals surface area contributed by atoms with Crippen LogP contribution in [-0.2, 0) is 16.0 Å². The number of fused-ring (bicyclic) bond motifs is 5. The molecule has 4 atom stereocenters. The van der Waals surface area contributed by atoms with Gasteiger partial charge in [0.05, 0.1) is 24.7 Å². The maximum atomic E-state index is 12.7. The normalized spacial score (nSPS) is 28.4. The summed E-state index contributed by atoms with van der Waals surface area (Å²) in [5, 5.41) is 15.5. The van der Waals surface area contributed by atoms with Crippen LogP contribution in [0.4, 0.5) is 0 Å². The maximum absolute atomic E-state index is 12.7. The van der Waals surface area contributed by atoms with Crippen LogP contribution in [-0.4, -0.2) is 34.8 Å². The zero-order valence-electron chi connectivity index (χ0n) is 15.2. The van der Waals surface area contributed by atoms with Gasteiger partial charge < -0.3 is 9.84 Å². The number of carbonyl (C=O) groups is 2. The minimum Gasteiger partial charge on any atom is -0.504 e. The number of aromatic hydroxyl groups is 1. The van der Waals surface area contributed by atoms with Crippen LogP contribution < -0.4 is 4.74 Å². The van der Waals surface area contributed by atoms with Gasteiger partial charge in [0.2, 0.25) is 0 Å². The summed E-state index contributed by atoms with van der Waals surface area (Å²) in [4.78, 5) is 25.4. The number of hydrogen-bond acceptors (Lipinski definition) is 5. The molecule has 1 aromatic rings. The van der Waals surface area contributed by atoms with Gasteiger partial charge in [-0.05, 0) is 49.3 Å². The van der Waals surface area contributed by atoms with Crippen LogP contribution in [0.1, 0.15) is 24.5 Å². The summed E-state index contributed by atoms with van der Waals surface area (Å²) in [5.74, 6) is -0.222. The summed E-state index contributed by atoms with van der Waals surface area (Å²) in [6, 6.07) is 3.40. The second-order valence-electron chi connectivity index (χ2n) is 7.19. The standard InChI is InChI=1S/C21H22N2O4/c1-3-5-15-8-12(9-16(19(15)24)27-4-2)11-22-23-20(25)17-13-6-7-14(10-13)18(17)21(23)26/h3,6-9,11,13-14,17-18,24H,1,4-5,10H2,2H3. The number of benzene rings is 1. The zero-order valence-corrected chi connectivity index (χ0v) is 15.2. The highest BCUT2D eigenvalue weighted by atomic mass is 16.5. The van der Waals surface area contributed by atoms with Gasteiger partial charge in [0.25, 0.3) is 11.8 Å². The molecule has 6 nitrogen and oxygen atoms in total. The highest BCUT2D eigenvalue weighted by Gasteiger charge is 2.59. The van der Waals surface area contributed by atoms with Gasteiger partial charge in [0, 0.05) is 5.56 Å². The number of carbonyl (C=O) groups excluding carboxylic acids is 2. The zero-order chi connectivity index (χ0) is 19.1. The number of amides is 2. The summed E-state index contributed by atoms with van der Waals surface area (Å²) in [6.07, 6.45) is 8.63. The van der Waals surface area contributed by atoms with Crippen molar-refractivity contribution in [2.75, 3.05) is 6.61 Å². The minimum absolute atomic E-state index is 0.0689. The fourth-order valence-electron chi connectivity index (χ4n) is 4.47. The number of hydrazone groups is 1. The van der Waals surface area contributed by atoms with Crippen LogP contribution in [0.3, 0.4) is 0 Å². The van der Waals surface area contributed by atoms with Gasteiger partial charge in [-0.3, -0.25) is 9.59 Å². The molecule has 1 aromatic carbocycles. The number of phenolic OH excluding ortho intramolecular Hbond substituents is 1. The van der Waals surface area contributed by atoms with E-state index in [1.807, 2.05) is 6.92 Å². The molecule has 2 amide bonds. The topological polar surface area (TPSA) is 79.2 Å². The molecule has 2 aliphatic carbocycles. The van der Waals surface area contributed by atoms with Crippen molar-refractivity contribution in [3.8, 4) is 11.5 Å². The van der Waals surface area contributed by atoms with Crippen molar-refractivity contribution in [1.29, 1.82) is 0 Å². The largest absolute Gasteiger partial charge is 0.504 e. The fraction of sp³-hybridized carbons (Fsp3) is 0.381. The molecule has 4 rings (SSSR count). The minimum atomic E-state index is -0.264. The molecule has 0 radical (unpaired) electrons. The Balaban J connectivity index is 1.60. The maximum Gasteiger partial charge on any atom is 0.254 e. The van der Waals surface area contributed by atoms with Gasteiger partial charge in [-0.2, -0.15) is 10.1 Å². The van der Waals surface area contributed by atoms with Crippen LogP contribution >= 0.6 is 0 Å². The molecule has 0 spiro atoms. The summed E-state index contributed by atoms with van der Waals surface area (Å²) in [6.45, 7) is 5.93. The third kappa shape index (κ3) is 2.76. The predicted octanol–water partition coefficient (Wildman–Crippen LogP) is 2.66. The van der Waals surface area contributed by atoms with Crippen molar-refractivity contribution < 1.29 is 19.4 Å². The van der Waals surface area contributed by atoms with Crippen molar-refractivity contribution in [2.45, 2.75) is 19.8 Å². The fourth-order valence-corrected chi connectivity index (χ4v) is 4.47. The Kier molecular flexibility index (Phi) is 4.34. The second kappa shape index (κ2) is 6.68. The lowest BCUT2D eigenvalue weighted by molar-refractivity contribution is -0.140. The molecule has 6 heteroatoms. The third-order valence-corrected chi connectivity index (χ3v) is 5.61. The van der Waals surface area contributed by atoms with Gasteiger partial charge in [-0.25, -0.2) is 0 Å². The van der Waals surface area contributed by atoms with E-state index in [-0.39, 0.29) is 41.2 Å². The molecular formula is C21H22N2O4. The van der Waals surface area contributed by atoms with Gasteiger partial charge in [-0.1, -0.05) is 18.2 Å². The van der Waals surface area contributed by atoms with E-state index in [0.29, 0.717) is 29.9 Å². The molecular weight excluding hydrogens is 344 g/mol. The van der Waals surface area contributed by atoms with Crippen LogP contribution in [0.15, 0.2) is 42.0 Å². The van der Waals surface area contributed by atoms with E-state index < -0.39 is 0 Å². The number of allylic oxidation sites excluding steroid dienone is 3. The molecule has 2 bridgehead atoms. The first kappa shape index (κ1) is 17.5. The Morgan fingerprint density at radius 1 is 1.26 bits per heavy atom. The van der Waals surface area contributed by atoms with Crippen molar-refractivity contribution in [2.24, 2.45) is 28.8 Å². The van der Waals surface area contributed by atoms with Gasteiger partial charge in [0.15, 0.2) is 11.5 Å². The molecule has 2 fully saturated rings. The van der Waals surface area contributed by atoms with E-state index in [4.69, 9.17) is 4.74 Å². The Morgan fingerprint density at radius 2 is 1.93 bits per heavy atom. The third-order valence-electron chi connectivity index (χ3n) is 5.61. The van der Waals surface area contributed by atoms with Crippen LogP contribution in [0.2, 0.25) is 0 Å². The lowest BCUT2D eigenvalue weighted by Gasteiger charge is -2.13. The molecule has 4 unspecified atom stereocenters. The second-order valence-corrected chi connectivity index (χ2v) is 7.19. The monoisotopic (exact) mass is 366 g/mol. The van der Waals surface area contributed by atoms with Crippen molar-refractivity contribution in [3.05, 3.63) is 48.1 Å². The summed E-state index contributed by atoms with van der Waals surface area (Å²) in [7, 11) is 0. The number of nitrogens with zero attached hydrogens (tertiary/aromatic N) is 2. The number of ether oxygens (including phenoxy) is 1. The Hall–Kier alpha value is -2.89. The van der Waals surface area contributed by atoms with Crippen molar-refractivity contribution >= 4 is 18.0 Å². The number of imide groups is 1. The Bertz CT molecular complexity index is 843. The number of phenols is 1. The highest BCUT2D eigenvalue weighted by molar-refractivity contribution is 6.06. The molecule has 27 heavy (non-hydrogen) atoms. The van der Waals surface area contributed by atoms with Crippen LogP contribution in [0, 0.1) is 23.7 Å². The molecule has 1 N–H and O–H groups in total. The van der Waals surface area contributed by atoms with E-state index in [2.05, 4.69) is 23.8 Å². The van der Waals surface area contributed by atoms with E-state index in [1.54, 1.807) is 18.2 Å². The molecule has 0 aromatic heterocycles. The molecule has 3 aliphatic rings. The van der Waals surface area contributed by atoms with Crippen molar-refractivity contribution in [3.63, 3.8) is 0 Å². The average molecular weight is 366 g/mol. The van der Waals surface area contributed by atoms with E-state index in [9.17, 15) is 14.7 Å².